The number of anilines is 1. The average molecular weight is 412 g/mol. The molecule has 1 amide bonds. The first-order chi connectivity index (χ1) is 14.0. The van der Waals surface area contributed by atoms with E-state index in [0.29, 0.717) is 39.6 Å². The molecular weight excluding hydrogens is 390 g/mol. The highest BCUT2D eigenvalue weighted by Gasteiger charge is 2.28. The lowest BCUT2D eigenvalue weighted by atomic mass is 10.2. The van der Waals surface area contributed by atoms with Gasteiger partial charge in [0.05, 0.1) is 23.7 Å². The highest BCUT2D eigenvalue weighted by Crippen LogP contribution is 2.35. The molecule has 1 N–H and O–H groups in total. The molecule has 0 radical (unpaired) electrons. The number of aromatic nitrogens is 2. The van der Waals surface area contributed by atoms with Crippen molar-refractivity contribution in [3.05, 3.63) is 63.2 Å². The lowest BCUT2D eigenvalue weighted by Gasteiger charge is -2.14. The zero-order valence-electron chi connectivity index (χ0n) is 16.4. The smallest absolute Gasteiger partial charge is 0.261 e. The van der Waals surface area contributed by atoms with Crippen LogP contribution >= 0.6 is 11.6 Å². The van der Waals surface area contributed by atoms with Crippen molar-refractivity contribution in [1.29, 1.82) is 0 Å². The van der Waals surface area contributed by atoms with Gasteiger partial charge in [-0.05, 0) is 43.5 Å². The number of nitrogens with one attached hydrogen (secondary N) is 1. The molecule has 0 unspecified atom stereocenters. The number of methoxy groups -OCH3 is 1. The molecule has 0 spiro atoms. The van der Waals surface area contributed by atoms with Crippen molar-refractivity contribution in [3.63, 3.8) is 0 Å². The second kappa shape index (κ2) is 7.87. The highest BCUT2D eigenvalue weighted by atomic mass is 35.5. The maximum Gasteiger partial charge on any atom is 0.261 e. The van der Waals surface area contributed by atoms with E-state index in [-0.39, 0.29) is 23.9 Å². The summed E-state index contributed by atoms with van der Waals surface area (Å²) < 4.78 is 7.08. The number of rotatable bonds is 6. The molecule has 4 rings (SSSR count). The SMILES string of the molecule is COc1cc(Cl)c(C)cc1NC(=O)CCc1nc2ccccc2c(=O)n1C1CC1. The second-order valence-corrected chi connectivity index (χ2v) is 7.71. The number of ether oxygens (including phenoxy) is 1. The Bertz CT molecular complexity index is 1150. The summed E-state index contributed by atoms with van der Waals surface area (Å²) in [6, 6.07) is 11.0. The molecule has 1 aromatic heterocycles. The van der Waals surface area contributed by atoms with Crippen LogP contribution in [-0.2, 0) is 11.2 Å². The molecule has 0 bridgehead atoms. The summed E-state index contributed by atoms with van der Waals surface area (Å²) in [7, 11) is 1.53. The van der Waals surface area contributed by atoms with Crippen LogP contribution in [0.4, 0.5) is 5.69 Å². The van der Waals surface area contributed by atoms with E-state index in [4.69, 9.17) is 16.3 Å². The van der Waals surface area contributed by atoms with Crippen LogP contribution in [0.25, 0.3) is 10.9 Å². The Labute approximate surface area is 173 Å². The van der Waals surface area contributed by atoms with E-state index < -0.39 is 0 Å². The number of benzene rings is 2. The third kappa shape index (κ3) is 3.98. The molecule has 1 saturated carbocycles. The predicted octanol–water partition coefficient (Wildman–Crippen LogP) is 4.27. The predicted molar refractivity (Wildman–Crippen MR) is 114 cm³/mol. The first kappa shape index (κ1) is 19.5. The molecule has 1 fully saturated rings. The molecule has 2 aromatic carbocycles. The maximum atomic E-state index is 12.9. The molecule has 0 saturated heterocycles. The number of nitrogens with zero attached hydrogens (tertiary/aromatic N) is 2. The van der Waals surface area contributed by atoms with Gasteiger partial charge in [0.2, 0.25) is 5.91 Å². The number of para-hydroxylation sites is 1. The number of halogens is 1. The molecule has 7 heteroatoms. The lowest BCUT2D eigenvalue weighted by Crippen LogP contribution is -2.25. The van der Waals surface area contributed by atoms with Gasteiger partial charge < -0.3 is 10.1 Å². The van der Waals surface area contributed by atoms with Crippen LogP contribution in [0.1, 0.15) is 36.7 Å². The zero-order valence-corrected chi connectivity index (χ0v) is 17.1. The summed E-state index contributed by atoms with van der Waals surface area (Å²) in [4.78, 5) is 30.2. The first-order valence-corrected chi connectivity index (χ1v) is 10.00. The molecule has 1 aliphatic rings. The second-order valence-electron chi connectivity index (χ2n) is 7.30. The number of hydrogen-bond acceptors (Lipinski definition) is 4. The Kier molecular flexibility index (Phi) is 5.28. The van der Waals surface area contributed by atoms with Gasteiger partial charge in [0.25, 0.3) is 5.56 Å². The van der Waals surface area contributed by atoms with Crippen molar-refractivity contribution in [2.45, 2.75) is 38.6 Å². The van der Waals surface area contributed by atoms with Gasteiger partial charge >= 0.3 is 0 Å². The lowest BCUT2D eigenvalue weighted by molar-refractivity contribution is -0.116. The fourth-order valence-electron chi connectivity index (χ4n) is 3.45. The molecule has 1 aliphatic carbocycles. The Balaban J connectivity index is 1.56. The van der Waals surface area contributed by atoms with Crippen LogP contribution in [0.5, 0.6) is 5.75 Å². The van der Waals surface area contributed by atoms with Crippen LogP contribution in [0, 0.1) is 6.92 Å². The van der Waals surface area contributed by atoms with E-state index in [1.54, 1.807) is 22.8 Å². The van der Waals surface area contributed by atoms with E-state index in [1.807, 2.05) is 25.1 Å². The minimum Gasteiger partial charge on any atom is -0.495 e. The molecule has 0 atom stereocenters. The molecule has 1 heterocycles. The number of carbonyl (C=O) groups is 1. The van der Waals surface area contributed by atoms with Gasteiger partial charge in [-0.2, -0.15) is 0 Å². The summed E-state index contributed by atoms with van der Waals surface area (Å²) >= 11 is 6.12. The Hall–Kier alpha value is -2.86. The van der Waals surface area contributed by atoms with Gasteiger partial charge in [0, 0.05) is 30.0 Å². The van der Waals surface area contributed by atoms with E-state index in [0.717, 1.165) is 18.4 Å². The maximum absolute atomic E-state index is 12.9. The quantitative estimate of drug-likeness (QED) is 0.657. The number of aryl methyl sites for hydroxylation is 2. The summed E-state index contributed by atoms with van der Waals surface area (Å²) in [6.07, 6.45) is 2.54. The van der Waals surface area contributed by atoms with Crippen molar-refractivity contribution in [1.82, 2.24) is 9.55 Å². The van der Waals surface area contributed by atoms with Crippen LogP contribution in [0.3, 0.4) is 0 Å². The number of fused-ring (bicyclic) bond motifs is 1. The number of carbonyl (C=O) groups excluding carboxylic acids is 1. The van der Waals surface area contributed by atoms with Crippen LogP contribution in [0.15, 0.2) is 41.2 Å². The molecule has 0 aliphatic heterocycles. The van der Waals surface area contributed by atoms with Gasteiger partial charge in [-0.15, -0.1) is 0 Å². The third-order valence-electron chi connectivity index (χ3n) is 5.12. The van der Waals surface area contributed by atoms with E-state index >= 15 is 0 Å². The number of amides is 1. The van der Waals surface area contributed by atoms with Crippen molar-refractivity contribution >= 4 is 34.1 Å². The fourth-order valence-corrected chi connectivity index (χ4v) is 3.60. The summed E-state index contributed by atoms with van der Waals surface area (Å²) in [6.45, 7) is 1.87. The molecule has 3 aromatic rings. The Morgan fingerprint density at radius 3 is 2.79 bits per heavy atom. The Morgan fingerprint density at radius 1 is 1.31 bits per heavy atom. The van der Waals surface area contributed by atoms with E-state index in [2.05, 4.69) is 10.3 Å². The minimum atomic E-state index is -0.172. The Morgan fingerprint density at radius 2 is 2.07 bits per heavy atom. The standard InChI is InChI=1S/C22H22ClN3O3/c1-13-11-18(19(29-2)12-16(13)23)25-21(27)10-9-20-24-17-6-4-3-5-15(17)22(28)26(20)14-7-8-14/h3-6,11-12,14H,7-10H2,1-2H3,(H,25,27). The zero-order chi connectivity index (χ0) is 20.5. The molecule has 150 valence electrons. The van der Waals surface area contributed by atoms with Crippen molar-refractivity contribution < 1.29 is 9.53 Å². The first-order valence-electron chi connectivity index (χ1n) is 9.62. The summed E-state index contributed by atoms with van der Waals surface area (Å²) in [5.74, 6) is 0.994. The van der Waals surface area contributed by atoms with Crippen molar-refractivity contribution in [2.75, 3.05) is 12.4 Å². The number of hydrogen-bond donors (Lipinski definition) is 1. The largest absolute Gasteiger partial charge is 0.495 e. The van der Waals surface area contributed by atoms with Crippen LogP contribution in [-0.4, -0.2) is 22.6 Å². The van der Waals surface area contributed by atoms with Gasteiger partial charge in [0.15, 0.2) is 0 Å². The fraction of sp³-hybridized carbons (Fsp3) is 0.318. The van der Waals surface area contributed by atoms with E-state index in [1.165, 1.54) is 7.11 Å². The van der Waals surface area contributed by atoms with Gasteiger partial charge in [0.1, 0.15) is 11.6 Å². The molecular formula is C22H22ClN3O3. The normalized spacial score (nSPS) is 13.5. The van der Waals surface area contributed by atoms with Crippen LogP contribution < -0.4 is 15.6 Å². The van der Waals surface area contributed by atoms with Crippen molar-refractivity contribution in [2.24, 2.45) is 0 Å². The minimum absolute atomic E-state index is 0.0245. The highest BCUT2D eigenvalue weighted by molar-refractivity contribution is 6.31. The van der Waals surface area contributed by atoms with Gasteiger partial charge in [-0.1, -0.05) is 23.7 Å². The third-order valence-corrected chi connectivity index (χ3v) is 5.53. The van der Waals surface area contributed by atoms with Gasteiger partial charge in [-0.25, -0.2) is 4.98 Å². The summed E-state index contributed by atoms with van der Waals surface area (Å²) in [5, 5.41) is 4.08. The molecule has 6 nitrogen and oxygen atoms in total. The summed E-state index contributed by atoms with van der Waals surface area (Å²) in [5.41, 5.74) is 2.07. The van der Waals surface area contributed by atoms with E-state index in [9.17, 15) is 9.59 Å². The topological polar surface area (TPSA) is 73.2 Å². The van der Waals surface area contributed by atoms with Crippen LogP contribution in [0.2, 0.25) is 5.02 Å². The van der Waals surface area contributed by atoms with Crippen molar-refractivity contribution in [3.8, 4) is 5.75 Å². The average Bonchev–Trinajstić information content (AvgIpc) is 3.54. The monoisotopic (exact) mass is 411 g/mol. The van der Waals surface area contributed by atoms with Gasteiger partial charge in [-0.3, -0.25) is 14.2 Å². The molecule has 29 heavy (non-hydrogen) atoms.